The molecule has 12 unspecified atom stereocenters. The van der Waals surface area contributed by atoms with Crippen molar-refractivity contribution in [1.82, 2.24) is 5.32 Å². The Morgan fingerprint density at radius 3 is 1.46 bits per heavy atom. The first kappa shape index (κ1) is 57.9. The van der Waals surface area contributed by atoms with Crippen molar-refractivity contribution in [1.29, 1.82) is 0 Å². The highest BCUT2D eigenvalue weighted by Crippen LogP contribution is 2.30. The van der Waals surface area contributed by atoms with Gasteiger partial charge in [0, 0.05) is 6.42 Å². The number of aliphatic hydroxyl groups is 8. The SMILES string of the molecule is CCCCCCCCCCCCCCCCCCCCCCCCC/C=C/C(O)C(COC1OC(CO)C(OC2OC(CO)C(O)C(O)C2O)C(O)C1O)NC(=O)CCCCCC. The number of ether oxygens (including phenoxy) is 4. The van der Waals surface area contributed by atoms with E-state index in [4.69, 9.17) is 18.9 Å². The third-order valence-corrected chi connectivity index (χ3v) is 12.7. The molecule has 0 aromatic carbocycles. The summed E-state index contributed by atoms with van der Waals surface area (Å²) in [4.78, 5) is 12.9. The molecule has 372 valence electrons. The van der Waals surface area contributed by atoms with Gasteiger partial charge in [-0.1, -0.05) is 187 Å². The van der Waals surface area contributed by atoms with Gasteiger partial charge in [-0.2, -0.15) is 0 Å². The molecule has 2 aliphatic rings. The normalized spacial score (nSPS) is 27.5. The molecule has 0 bridgehead atoms. The van der Waals surface area contributed by atoms with E-state index in [1.807, 2.05) is 6.08 Å². The third kappa shape index (κ3) is 24.4. The molecule has 0 aromatic heterocycles. The quantitative estimate of drug-likeness (QED) is 0.0241. The van der Waals surface area contributed by atoms with Crippen molar-refractivity contribution in [3.63, 3.8) is 0 Å². The first-order valence-electron chi connectivity index (χ1n) is 25.4. The highest BCUT2D eigenvalue weighted by Gasteiger charge is 2.51. The minimum Gasteiger partial charge on any atom is -0.394 e. The molecule has 12 atom stereocenters. The van der Waals surface area contributed by atoms with E-state index in [1.165, 1.54) is 135 Å². The molecule has 2 heterocycles. The van der Waals surface area contributed by atoms with Crippen LogP contribution in [0.15, 0.2) is 12.2 Å². The average Bonchev–Trinajstić information content (AvgIpc) is 3.28. The van der Waals surface area contributed by atoms with E-state index < -0.39 is 86.8 Å². The zero-order chi connectivity index (χ0) is 46.1. The summed E-state index contributed by atoms with van der Waals surface area (Å²) >= 11 is 0. The summed E-state index contributed by atoms with van der Waals surface area (Å²) in [5, 5.41) is 86.2. The lowest BCUT2D eigenvalue weighted by atomic mass is 9.97. The molecule has 1 amide bonds. The molecular formula is C49H93NO13. The number of hydrogen-bond donors (Lipinski definition) is 9. The van der Waals surface area contributed by atoms with Crippen molar-refractivity contribution >= 4 is 5.91 Å². The molecule has 2 rings (SSSR count). The van der Waals surface area contributed by atoms with E-state index in [0.29, 0.717) is 6.42 Å². The Morgan fingerprint density at radius 2 is 0.984 bits per heavy atom. The van der Waals surface area contributed by atoms with Gasteiger partial charge in [0.1, 0.15) is 48.8 Å². The smallest absolute Gasteiger partial charge is 0.220 e. The van der Waals surface area contributed by atoms with Crippen LogP contribution >= 0.6 is 0 Å². The fourth-order valence-electron chi connectivity index (χ4n) is 8.53. The van der Waals surface area contributed by atoms with Gasteiger partial charge in [0.25, 0.3) is 0 Å². The van der Waals surface area contributed by atoms with Gasteiger partial charge in [-0.05, 0) is 19.3 Å². The summed E-state index contributed by atoms with van der Waals surface area (Å²) in [6.07, 6.45) is 22.1. The van der Waals surface area contributed by atoms with E-state index in [-0.39, 0.29) is 18.9 Å². The number of carbonyl (C=O) groups excluding carboxylic acids is 1. The topological polar surface area (TPSA) is 228 Å². The number of nitrogens with one attached hydrogen (secondary N) is 1. The molecular weight excluding hydrogens is 811 g/mol. The maximum Gasteiger partial charge on any atom is 0.220 e. The van der Waals surface area contributed by atoms with Crippen molar-refractivity contribution in [3.05, 3.63) is 12.2 Å². The van der Waals surface area contributed by atoms with Crippen molar-refractivity contribution in [3.8, 4) is 0 Å². The Kier molecular flexibility index (Phi) is 33.8. The van der Waals surface area contributed by atoms with E-state index in [0.717, 1.165) is 38.5 Å². The summed E-state index contributed by atoms with van der Waals surface area (Å²) in [6, 6.07) is -0.905. The molecule has 9 N–H and O–H groups in total. The van der Waals surface area contributed by atoms with Crippen LogP contribution in [0.2, 0.25) is 0 Å². The van der Waals surface area contributed by atoms with Crippen LogP contribution in [0.4, 0.5) is 0 Å². The van der Waals surface area contributed by atoms with Crippen LogP contribution in [0.25, 0.3) is 0 Å². The second-order valence-electron chi connectivity index (χ2n) is 18.3. The van der Waals surface area contributed by atoms with Crippen LogP contribution in [0.5, 0.6) is 0 Å². The second-order valence-corrected chi connectivity index (χ2v) is 18.3. The number of rotatable bonds is 39. The third-order valence-electron chi connectivity index (χ3n) is 12.7. The highest BCUT2D eigenvalue weighted by atomic mass is 16.7. The van der Waals surface area contributed by atoms with Crippen LogP contribution in [0.3, 0.4) is 0 Å². The number of amides is 1. The number of hydrogen-bond acceptors (Lipinski definition) is 13. The minimum atomic E-state index is -1.78. The first-order chi connectivity index (χ1) is 30.6. The zero-order valence-corrected chi connectivity index (χ0v) is 39.3. The molecule has 63 heavy (non-hydrogen) atoms. The fraction of sp³-hybridized carbons (Fsp3) is 0.939. The van der Waals surface area contributed by atoms with E-state index in [9.17, 15) is 45.6 Å². The lowest BCUT2D eigenvalue weighted by Gasteiger charge is -2.46. The summed E-state index contributed by atoms with van der Waals surface area (Å²) in [6.45, 7) is 2.66. The standard InChI is InChI=1S/C49H93NO13/c1-3-5-7-9-10-11-12-13-14-15-16-17-18-19-20-21-22-23-24-25-26-27-28-29-30-32-38(53)37(50-41(54)33-31-8-6-4-2)36-60-48-46(59)44(57)47(40(35-52)62-48)63-49-45(58)43(56)42(55)39(34-51)61-49/h30,32,37-40,42-49,51-53,55-59H,3-29,31,33-36H2,1-2H3,(H,50,54)/b32-30+. The Morgan fingerprint density at radius 1 is 0.556 bits per heavy atom. The lowest BCUT2D eigenvalue weighted by Crippen LogP contribution is -2.65. The summed E-state index contributed by atoms with van der Waals surface area (Å²) < 4.78 is 22.5. The molecule has 0 saturated carbocycles. The van der Waals surface area contributed by atoms with Gasteiger partial charge in [0.15, 0.2) is 12.6 Å². The van der Waals surface area contributed by atoms with E-state index in [2.05, 4.69) is 19.2 Å². The Bertz CT molecular complexity index is 1120. The number of unbranched alkanes of at least 4 members (excludes halogenated alkanes) is 26. The monoisotopic (exact) mass is 904 g/mol. The van der Waals surface area contributed by atoms with Gasteiger partial charge in [-0.3, -0.25) is 4.79 Å². The second kappa shape index (κ2) is 36.8. The van der Waals surface area contributed by atoms with Gasteiger partial charge in [-0.15, -0.1) is 0 Å². The minimum absolute atomic E-state index is 0.256. The number of carbonyl (C=O) groups is 1. The highest BCUT2D eigenvalue weighted by molar-refractivity contribution is 5.76. The largest absolute Gasteiger partial charge is 0.394 e. The van der Waals surface area contributed by atoms with Crippen LogP contribution in [0.1, 0.15) is 200 Å². The number of aliphatic hydroxyl groups excluding tert-OH is 8. The molecule has 0 spiro atoms. The van der Waals surface area contributed by atoms with E-state index >= 15 is 0 Å². The Hall–Kier alpha value is -1.27. The Balaban J connectivity index is 1.67. The summed E-state index contributed by atoms with van der Waals surface area (Å²) in [7, 11) is 0. The maximum atomic E-state index is 12.9. The van der Waals surface area contributed by atoms with Crippen molar-refractivity contribution in [2.45, 2.75) is 274 Å². The molecule has 0 radical (unpaired) electrons. The molecule has 2 saturated heterocycles. The van der Waals surface area contributed by atoms with Gasteiger partial charge in [-0.25, -0.2) is 0 Å². The average molecular weight is 904 g/mol. The summed E-state index contributed by atoms with van der Waals surface area (Å²) in [5.41, 5.74) is 0. The van der Waals surface area contributed by atoms with E-state index in [1.54, 1.807) is 6.08 Å². The molecule has 2 fully saturated rings. The molecule has 14 heteroatoms. The molecule has 2 aliphatic heterocycles. The molecule has 0 aliphatic carbocycles. The van der Waals surface area contributed by atoms with Crippen molar-refractivity contribution in [2.24, 2.45) is 0 Å². The predicted octanol–water partition coefficient (Wildman–Crippen LogP) is 6.38. The lowest BCUT2D eigenvalue weighted by molar-refractivity contribution is -0.359. The summed E-state index contributed by atoms with van der Waals surface area (Å²) in [5.74, 6) is -0.256. The zero-order valence-electron chi connectivity index (χ0n) is 39.3. The van der Waals surface area contributed by atoms with Crippen molar-refractivity contribution < 1.29 is 64.6 Å². The first-order valence-corrected chi connectivity index (χ1v) is 25.4. The predicted molar refractivity (Wildman–Crippen MR) is 245 cm³/mol. The van der Waals surface area contributed by atoms with Crippen molar-refractivity contribution in [2.75, 3.05) is 19.8 Å². The van der Waals surface area contributed by atoms with Crippen LogP contribution < -0.4 is 5.32 Å². The maximum absolute atomic E-state index is 12.9. The number of allylic oxidation sites excluding steroid dienone is 1. The van der Waals surface area contributed by atoms with Crippen LogP contribution in [-0.2, 0) is 23.7 Å². The van der Waals surface area contributed by atoms with Crippen LogP contribution in [0, 0.1) is 0 Å². The molecule has 14 nitrogen and oxygen atoms in total. The van der Waals surface area contributed by atoms with Gasteiger partial charge >= 0.3 is 0 Å². The molecule has 0 aromatic rings. The van der Waals surface area contributed by atoms with Gasteiger partial charge < -0.3 is 65.1 Å². The Labute approximate surface area is 380 Å². The van der Waals surface area contributed by atoms with Crippen LogP contribution in [-0.4, -0.2) is 140 Å². The fourth-order valence-corrected chi connectivity index (χ4v) is 8.53. The van der Waals surface area contributed by atoms with Gasteiger partial charge in [0.05, 0.1) is 32.0 Å². The van der Waals surface area contributed by atoms with Gasteiger partial charge in [0.2, 0.25) is 5.91 Å².